The van der Waals surface area contributed by atoms with Crippen molar-refractivity contribution in [2.24, 2.45) is 0 Å². The molecule has 0 amide bonds. The van der Waals surface area contributed by atoms with E-state index in [9.17, 15) is 8.42 Å². The Morgan fingerprint density at radius 2 is 1.95 bits per heavy atom. The number of nitrogens with zero attached hydrogens (tertiary/aromatic N) is 2. The highest BCUT2D eigenvalue weighted by Crippen LogP contribution is 2.15. The van der Waals surface area contributed by atoms with E-state index in [2.05, 4.69) is 37.5 Å². The van der Waals surface area contributed by atoms with E-state index in [1.165, 1.54) is 0 Å². The largest absolute Gasteiger partial charge is 0.304 e. The number of hydrogen-bond acceptors (Lipinski definition) is 4. The van der Waals surface area contributed by atoms with Crippen molar-refractivity contribution >= 4 is 26.0 Å². The number of sulfonamides is 1. The predicted molar refractivity (Wildman–Crippen MR) is 83.3 cm³/mol. The molecule has 1 aliphatic heterocycles. The molecule has 0 atom stereocenters. The molecule has 0 spiro atoms. The normalized spacial score (nSPS) is 18.3. The molecule has 1 fully saturated rings. The van der Waals surface area contributed by atoms with E-state index < -0.39 is 10.0 Å². The molecule has 0 aromatic heterocycles. The summed E-state index contributed by atoms with van der Waals surface area (Å²) < 4.78 is 27.7. The highest BCUT2D eigenvalue weighted by molar-refractivity contribution is 9.10. The van der Waals surface area contributed by atoms with Gasteiger partial charge in [-0.2, -0.15) is 0 Å². The molecule has 112 valence electrons. The number of halogens is 1. The Bertz CT molecular complexity index is 542. The van der Waals surface area contributed by atoms with Gasteiger partial charge < -0.3 is 4.90 Å². The molecule has 5 nitrogen and oxygen atoms in total. The number of rotatable bonds is 5. The van der Waals surface area contributed by atoms with E-state index in [-0.39, 0.29) is 0 Å². The number of piperazine rings is 1. The second-order valence-corrected chi connectivity index (χ2v) is 7.68. The van der Waals surface area contributed by atoms with E-state index >= 15 is 0 Å². The first kappa shape index (κ1) is 15.9. The van der Waals surface area contributed by atoms with Gasteiger partial charge in [0.05, 0.1) is 4.90 Å². The standard InChI is InChI=1S/C13H20BrN3O2S/c1-16-7-9-17(10-8-16)6-5-15-20(18,19)13-4-2-3-12(14)11-13/h2-4,11,15H,5-10H2,1H3. The summed E-state index contributed by atoms with van der Waals surface area (Å²) in [7, 11) is -1.31. The lowest BCUT2D eigenvalue weighted by atomic mass is 10.3. The molecule has 0 unspecified atom stereocenters. The molecule has 1 N–H and O–H groups in total. The van der Waals surface area contributed by atoms with Crippen molar-refractivity contribution in [3.63, 3.8) is 0 Å². The Labute approximate surface area is 129 Å². The first-order valence-electron chi connectivity index (χ1n) is 6.63. The Morgan fingerprint density at radius 3 is 2.60 bits per heavy atom. The average Bonchev–Trinajstić information content (AvgIpc) is 2.41. The SMILES string of the molecule is CN1CCN(CCNS(=O)(=O)c2cccc(Br)c2)CC1. The molecule has 2 rings (SSSR count). The molecule has 7 heteroatoms. The molecule has 0 saturated carbocycles. The van der Waals surface area contributed by atoms with Gasteiger partial charge in [0, 0.05) is 43.7 Å². The van der Waals surface area contributed by atoms with Crippen LogP contribution in [0.4, 0.5) is 0 Å². The van der Waals surface area contributed by atoms with Gasteiger partial charge in [-0.15, -0.1) is 0 Å². The van der Waals surface area contributed by atoms with Crippen molar-refractivity contribution in [1.82, 2.24) is 14.5 Å². The molecule has 0 aliphatic carbocycles. The van der Waals surface area contributed by atoms with Crippen LogP contribution in [0.2, 0.25) is 0 Å². The Hall–Kier alpha value is -0.470. The lowest BCUT2D eigenvalue weighted by Gasteiger charge is -2.32. The topological polar surface area (TPSA) is 52.6 Å². The monoisotopic (exact) mass is 361 g/mol. The van der Waals surface area contributed by atoms with Crippen molar-refractivity contribution in [2.45, 2.75) is 4.90 Å². The Morgan fingerprint density at radius 1 is 1.25 bits per heavy atom. The number of hydrogen-bond donors (Lipinski definition) is 1. The van der Waals surface area contributed by atoms with Crippen LogP contribution in [-0.4, -0.2) is 64.5 Å². The van der Waals surface area contributed by atoms with Crippen molar-refractivity contribution in [3.8, 4) is 0 Å². The zero-order valence-corrected chi connectivity index (χ0v) is 14.0. The van der Waals surface area contributed by atoms with Crippen LogP contribution in [0.15, 0.2) is 33.6 Å². The minimum atomic E-state index is -3.41. The number of benzene rings is 1. The molecule has 0 radical (unpaired) electrons. The molecule has 0 bridgehead atoms. The highest BCUT2D eigenvalue weighted by Gasteiger charge is 2.16. The van der Waals surface area contributed by atoms with Gasteiger partial charge in [-0.1, -0.05) is 22.0 Å². The molecule has 1 aromatic rings. The highest BCUT2D eigenvalue weighted by atomic mass is 79.9. The summed E-state index contributed by atoms with van der Waals surface area (Å²) in [6.07, 6.45) is 0. The third kappa shape index (κ3) is 4.53. The van der Waals surface area contributed by atoms with Crippen LogP contribution in [0, 0.1) is 0 Å². The summed E-state index contributed by atoms with van der Waals surface area (Å²) in [6, 6.07) is 6.74. The first-order chi connectivity index (χ1) is 9.47. The van der Waals surface area contributed by atoms with Crippen LogP contribution in [0.3, 0.4) is 0 Å². The van der Waals surface area contributed by atoms with Crippen LogP contribution >= 0.6 is 15.9 Å². The molecule has 1 aromatic carbocycles. The van der Waals surface area contributed by atoms with Gasteiger partial charge in [0.25, 0.3) is 0 Å². The van der Waals surface area contributed by atoms with Gasteiger partial charge in [0.15, 0.2) is 0 Å². The van der Waals surface area contributed by atoms with Crippen molar-refractivity contribution < 1.29 is 8.42 Å². The zero-order valence-electron chi connectivity index (χ0n) is 11.5. The van der Waals surface area contributed by atoms with Gasteiger partial charge in [0.1, 0.15) is 0 Å². The first-order valence-corrected chi connectivity index (χ1v) is 8.91. The van der Waals surface area contributed by atoms with Crippen LogP contribution in [0.5, 0.6) is 0 Å². The van der Waals surface area contributed by atoms with Gasteiger partial charge in [0.2, 0.25) is 10.0 Å². The predicted octanol–water partition coefficient (Wildman–Crippen LogP) is 0.975. The van der Waals surface area contributed by atoms with Crippen molar-refractivity contribution in [1.29, 1.82) is 0 Å². The summed E-state index contributed by atoms with van der Waals surface area (Å²) in [5.74, 6) is 0. The third-order valence-electron chi connectivity index (χ3n) is 3.42. The quantitative estimate of drug-likeness (QED) is 0.849. The Balaban J connectivity index is 1.84. The van der Waals surface area contributed by atoms with Crippen molar-refractivity contribution in [3.05, 3.63) is 28.7 Å². The fourth-order valence-electron chi connectivity index (χ4n) is 2.13. The minimum Gasteiger partial charge on any atom is -0.304 e. The van der Waals surface area contributed by atoms with Crippen LogP contribution < -0.4 is 4.72 Å². The van der Waals surface area contributed by atoms with Gasteiger partial charge in [-0.3, -0.25) is 4.90 Å². The van der Waals surface area contributed by atoms with Gasteiger partial charge in [-0.05, 0) is 25.2 Å². The molecule has 1 saturated heterocycles. The second kappa shape index (κ2) is 7.00. The molecule has 1 aliphatic rings. The Kier molecular flexibility index (Phi) is 5.57. The average molecular weight is 362 g/mol. The summed E-state index contributed by atoms with van der Waals surface area (Å²) in [5, 5.41) is 0. The van der Waals surface area contributed by atoms with Crippen molar-refractivity contribution in [2.75, 3.05) is 46.3 Å². The van der Waals surface area contributed by atoms with E-state index in [1.54, 1.807) is 18.2 Å². The van der Waals surface area contributed by atoms with Gasteiger partial charge >= 0.3 is 0 Å². The lowest BCUT2D eigenvalue weighted by Crippen LogP contribution is -2.46. The molecule has 20 heavy (non-hydrogen) atoms. The molecular formula is C13H20BrN3O2S. The lowest BCUT2D eigenvalue weighted by molar-refractivity contribution is 0.156. The fourth-order valence-corrected chi connectivity index (χ4v) is 3.74. The maximum Gasteiger partial charge on any atom is 0.240 e. The minimum absolute atomic E-state index is 0.297. The number of nitrogens with one attached hydrogen (secondary N) is 1. The summed E-state index contributed by atoms with van der Waals surface area (Å²) >= 11 is 3.29. The van der Waals surface area contributed by atoms with E-state index in [0.717, 1.165) is 37.2 Å². The number of likely N-dealkylation sites (N-methyl/N-ethyl adjacent to an activating group) is 1. The fraction of sp³-hybridized carbons (Fsp3) is 0.538. The third-order valence-corrected chi connectivity index (χ3v) is 5.37. The van der Waals surface area contributed by atoms with Crippen LogP contribution in [0.1, 0.15) is 0 Å². The van der Waals surface area contributed by atoms with Crippen LogP contribution in [-0.2, 0) is 10.0 Å². The zero-order chi connectivity index (χ0) is 14.6. The van der Waals surface area contributed by atoms with Gasteiger partial charge in [-0.25, -0.2) is 13.1 Å². The maximum absolute atomic E-state index is 12.1. The summed E-state index contributed by atoms with van der Waals surface area (Å²) in [5.41, 5.74) is 0. The maximum atomic E-state index is 12.1. The molecular weight excluding hydrogens is 342 g/mol. The van der Waals surface area contributed by atoms with Crippen LogP contribution in [0.25, 0.3) is 0 Å². The second-order valence-electron chi connectivity index (χ2n) is 5.00. The smallest absolute Gasteiger partial charge is 0.240 e. The van der Waals surface area contributed by atoms with E-state index in [1.807, 2.05) is 6.07 Å². The summed E-state index contributed by atoms with van der Waals surface area (Å²) in [6.45, 7) is 5.26. The summed E-state index contributed by atoms with van der Waals surface area (Å²) in [4.78, 5) is 4.86. The molecule has 1 heterocycles. The van der Waals surface area contributed by atoms with E-state index in [4.69, 9.17) is 0 Å². The van der Waals surface area contributed by atoms with E-state index in [0.29, 0.717) is 11.4 Å².